The molecule has 0 aromatic heterocycles. The molecule has 0 fully saturated rings. The maximum absolute atomic E-state index is 5.80. The van der Waals surface area contributed by atoms with E-state index >= 15 is 0 Å². The quantitative estimate of drug-likeness (QED) is 0.708. The molecule has 1 nitrogen and oxygen atoms in total. The van der Waals surface area contributed by atoms with E-state index in [4.69, 9.17) is 4.74 Å². The van der Waals surface area contributed by atoms with E-state index in [0.717, 1.165) is 12.2 Å². The smallest absolute Gasteiger partial charge is 0.123 e. The number of halogens is 1. The van der Waals surface area contributed by atoms with E-state index in [0.29, 0.717) is 16.8 Å². The van der Waals surface area contributed by atoms with Crippen LogP contribution in [0, 0.1) is 5.92 Å². The zero-order chi connectivity index (χ0) is 14.4. The third-order valence-corrected chi connectivity index (χ3v) is 6.01. The topological polar surface area (TPSA) is 9.23 Å². The number of alkyl halides is 1. The molecular weight excluding hydrogens is 324 g/mol. The molecule has 2 aromatic rings. The Morgan fingerprint density at radius 1 is 1.00 bits per heavy atom. The second kappa shape index (κ2) is 5.17. The average Bonchev–Trinajstić information content (AvgIpc) is 3.07. The van der Waals surface area contributed by atoms with Gasteiger partial charge in [-0.15, -0.1) is 0 Å². The first-order valence-corrected chi connectivity index (χ1v) is 8.62. The van der Waals surface area contributed by atoms with Crippen LogP contribution in [0.5, 0.6) is 5.75 Å². The van der Waals surface area contributed by atoms with E-state index in [-0.39, 0.29) is 0 Å². The van der Waals surface area contributed by atoms with Crippen molar-refractivity contribution in [1.82, 2.24) is 0 Å². The van der Waals surface area contributed by atoms with E-state index in [9.17, 15) is 0 Å². The first kappa shape index (κ1) is 13.4. The van der Waals surface area contributed by atoms with E-state index in [2.05, 4.69) is 65.3 Å². The highest BCUT2D eigenvalue weighted by atomic mass is 79.9. The van der Waals surface area contributed by atoms with Gasteiger partial charge in [0.05, 0.1) is 0 Å². The van der Waals surface area contributed by atoms with E-state index in [1.807, 2.05) is 0 Å². The number of fused-ring (bicyclic) bond motifs is 2. The van der Waals surface area contributed by atoms with Crippen LogP contribution in [0.4, 0.5) is 0 Å². The van der Waals surface area contributed by atoms with Crippen molar-refractivity contribution in [1.29, 1.82) is 0 Å². The predicted octanol–water partition coefficient (Wildman–Crippen LogP) is 4.86. The number of hydrogen-bond acceptors (Lipinski definition) is 1. The highest BCUT2D eigenvalue weighted by molar-refractivity contribution is 9.09. The lowest BCUT2D eigenvalue weighted by atomic mass is 9.94. The van der Waals surface area contributed by atoms with Crippen LogP contribution in [0.1, 0.15) is 34.0 Å². The molecule has 0 spiro atoms. The Morgan fingerprint density at radius 2 is 1.71 bits per heavy atom. The molecule has 21 heavy (non-hydrogen) atoms. The number of benzene rings is 2. The largest absolute Gasteiger partial charge is 0.490 e. The molecule has 2 aromatic carbocycles. The third kappa shape index (κ3) is 2.40. The van der Waals surface area contributed by atoms with E-state index in [1.165, 1.54) is 35.1 Å². The SMILES string of the molecule is CC1Cc2cc(C(Br)C3Cc4ccccc4C3)ccc2O1. The molecule has 108 valence electrons. The lowest BCUT2D eigenvalue weighted by Gasteiger charge is -2.18. The fourth-order valence-corrected chi connectivity index (χ4v) is 4.34. The van der Waals surface area contributed by atoms with Crippen molar-refractivity contribution in [3.8, 4) is 5.75 Å². The first-order valence-electron chi connectivity index (χ1n) is 7.71. The second-order valence-electron chi connectivity index (χ2n) is 6.34. The molecule has 0 N–H and O–H groups in total. The number of ether oxygens (including phenoxy) is 1. The molecule has 1 heterocycles. The zero-order valence-electron chi connectivity index (χ0n) is 12.2. The molecule has 1 aliphatic carbocycles. The van der Waals surface area contributed by atoms with Crippen molar-refractivity contribution in [3.63, 3.8) is 0 Å². The molecule has 0 bridgehead atoms. The fraction of sp³-hybridized carbons (Fsp3) is 0.368. The van der Waals surface area contributed by atoms with Gasteiger partial charge >= 0.3 is 0 Å². The minimum Gasteiger partial charge on any atom is -0.490 e. The summed E-state index contributed by atoms with van der Waals surface area (Å²) in [5.41, 5.74) is 5.79. The van der Waals surface area contributed by atoms with Gasteiger partial charge < -0.3 is 4.74 Å². The number of hydrogen-bond donors (Lipinski definition) is 0. The summed E-state index contributed by atoms with van der Waals surface area (Å²) in [5, 5.41) is 0. The molecule has 2 aliphatic rings. The summed E-state index contributed by atoms with van der Waals surface area (Å²) in [6.45, 7) is 2.14. The highest BCUT2D eigenvalue weighted by Crippen LogP contribution is 2.42. The predicted molar refractivity (Wildman–Crippen MR) is 89.2 cm³/mol. The standard InChI is InChI=1S/C19H19BrO/c1-12-8-16-11-15(6-7-18(16)21-12)19(20)17-9-13-4-2-3-5-14(13)10-17/h2-7,11-12,17,19H,8-10H2,1H3. The van der Waals surface area contributed by atoms with Gasteiger partial charge in [-0.1, -0.05) is 52.3 Å². The minimum atomic E-state index is 0.319. The molecule has 0 amide bonds. The molecule has 4 rings (SSSR count). The van der Waals surface area contributed by atoms with Crippen LogP contribution in [-0.2, 0) is 19.3 Å². The maximum atomic E-state index is 5.80. The second-order valence-corrected chi connectivity index (χ2v) is 7.33. The molecular formula is C19H19BrO. The van der Waals surface area contributed by atoms with E-state index in [1.54, 1.807) is 0 Å². The molecule has 2 unspecified atom stereocenters. The highest BCUT2D eigenvalue weighted by Gasteiger charge is 2.29. The van der Waals surface area contributed by atoms with Crippen LogP contribution in [-0.4, -0.2) is 6.10 Å². The van der Waals surface area contributed by atoms with Crippen LogP contribution < -0.4 is 4.74 Å². The van der Waals surface area contributed by atoms with Gasteiger partial charge in [0.15, 0.2) is 0 Å². The van der Waals surface area contributed by atoms with Gasteiger partial charge in [0.2, 0.25) is 0 Å². The van der Waals surface area contributed by atoms with Crippen molar-refractivity contribution in [2.75, 3.05) is 0 Å². The Hall–Kier alpha value is -1.28. The Labute approximate surface area is 134 Å². The fourth-order valence-electron chi connectivity index (χ4n) is 3.69. The van der Waals surface area contributed by atoms with Crippen molar-refractivity contribution < 1.29 is 4.74 Å². The summed E-state index contributed by atoms with van der Waals surface area (Å²) < 4.78 is 5.80. The van der Waals surface area contributed by atoms with Crippen molar-refractivity contribution in [2.24, 2.45) is 5.92 Å². The summed E-state index contributed by atoms with van der Waals surface area (Å²) in [7, 11) is 0. The average molecular weight is 343 g/mol. The van der Waals surface area contributed by atoms with Crippen LogP contribution in [0.3, 0.4) is 0 Å². The molecule has 0 saturated heterocycles. The van der Waals surface area contributed by atoms with Crippen LogP contribution in [0.25, 0.3) is 0 Å². The molecule has 2 atom stereocenters. The lowest BCUT2D eigenvalue weighted by Crippen LogP contribution is -2.08. The van der Waals surface area contributed by atoms with Crippen LogP contribution >= 0.6 is 15.9 Å². The summed E-state index contributed by atoms with van der Waals surface area (Å²) in [5.74, 6) is 1.72. The van der Waals surface area contributed by atoms with Gasteiger partial charge in [0, 0.05) is 11.2 Å². The summed E-state index contributed by atoms with van der Waals surface area (Å²) >= 11 is 3.95. The Bertz CT molecular complexity index is 654. The third-order valence-electron chi connectivity index (χ3n) is 4.73. The maximum Gasteiger partial charge on any atom is 0.123 e. The van der Waals surface area contributed by atoms with Crippen molar-refractivity contribution >= 4 is 15.9 Å². The zero-order valence-corrected chi connectivity index (χ0v) is 13.8. The Balaban J connectivity index is 1.57. The molecule has 0 saturated carbocycles. The summed E-state index contributed by atoms with van der Waals surface area (Å²) in [4.78, 5) is 0.422. The lowest BCUT2D eigenvalue weighted by molar-refractivity contribution is 0.254. The van der Waals surface area contributed by atoms with Gasteiger partial charge in [-0.25, -0.2) is 0 Å². The monoisotopic (exact) mass is 342 g/mol. The molecule has 1 aliphatic heterocycles. The van der Waals surface area contributed by atoms with Gasteiger partial charge in [0.25, 0.3) is 0 Å². The molecule has 0 radical (unpaired) electrons. The summed E-state index contributed by atoms with van der Waals surface area (Å²) in [6.07, 6.45) is 3.71. The first-order chi connectivity index (χ1) is 10.2. The van der Waals surface area contributed by atoms with Crippen LogP contribution in [0.2, 0.25) is 0 Å². The normalized spacial score (nSPS) is 21.7. The van der Waals surface area contributed by atoms with Gasteiger partial charge in [0.1, 0.15) is 11.9 Å². The van der Waals surface area contributed by atoms with Gasteiger partial charge in [-0.05, 0) is 54.0 Å². The van der Waals surface area contributed by atoms with E-state index < -0.39 is 0 Å². The van der Waals surface area contributed by atoms with Gasteiger partial charge in [-0.2, -0.15) is 0 Å². The minimum absolute atomic E-state index is 0.319. The number of rotatable bonds is 2. The van der Waals surface area contributed by atoms with Crippen molar-refractivity contribution in [3.05, 3.63) is 64.7 Å². The Kier molecular flexibility index (Phi) is 3.30. The Morgan fingerprint density at radius 3 is 2.43 bits per heavy atom. The van der Waals surface area contributed by atoms with Gasteiger partial charge in [-0.3, -0.25) is 0 Å². The summed E-state index contributed by atoms with van der Waals surface area (Å²) in [6, 6.07) is 15.5. The molecule has 2 heteroatoms. The van der Waals surface area contributed by atoms with Crippen molar-refractivity contribution in [2.45, 2.75) is 37.1 Å². The van der Waals surface area contributed by atoms with Crippen LogP contribution in [0.15, 0.2) is 42.5 Å².